The van der Waals surface area contributed by atoms with Crippen molar-refractivity contribution in [2.24, 2.45) is 0 Å². The van der Waals surface area contributed by atoms with E-state index in [0.29, 0.717) is 12.6 Å². The monoisotopic (exact) mass is 263 g/mol. The summed E-state index contributed by atoms with van der Waals surface area (Å²) >= 11 is 0. The highest BCUT2D eigenvalue weighted by Gasteiger charge is 2.25. The molecule has 102 valence electrons. The fraction of sp³-hybridized carbons (Fsp3) is 1.00. The molecule has 0 aromatic heterocycles. The Hall–Kier alpha value is -0.170. The van der Waals surface area contributed by atoms with E-state index in [-0.39, 0.29) is 6.04 Å². The summed E-state index contributed by atoms with van der Waals surface area (Å²) in [5.41, 5.74) is 0. The largest absolute Gasteiger partial charge is 0.314 e. The molecule has 2 atom stereocenters. The van der Waals surface area contributed by atoms with Gasteiger partial charge in [-0.2, -0.15) is 17.4 Å². The molecule has 0 saturated carbocycles. The first-order valence-electron chi connectivity index (χ1n) is 6.42. The lowest BCUT2D eigenvalue weighted by Gasteiger charge is -2.30. The van der Waals surface area contributed by atoms with Gasteiger partial charge in [0.15, 0.2) is 0 Å². The lowest BCUT2D eigenvalue weighted by Crippen LogP contribution is -2.50. The van der Waals surface area contributed by atoms with Crippen molar-refractivity contribution in [2.75, 3.05) is 20.1 Å². The zero-order chi connectivity index (χ0) is 12.9. The predicted molar refractivity (Wildman–Crippen MR) is 70.1 cm³/mol. The van der Waals surface area contributed by atoms with Gasteiger partial charge in [-0.1, -0.05) is 13.3 Å². The van der Waals surface area contributed by atoms with E-state index in [1.165, 1.54) is 4.31 Å². The van der Waals surface area contributed by atoms with Crippen LogP contribution in [0.25, 0.3) is 0 Å². The fourth-order valence-electron chi connectivity index (χ4n) is 2.04. The third-order valence-electron chi connectivity index (χ3n) is 3.18. The Balaban J connectivity index is 2.47. The van der Waals surface area contributed by atoms with Crippen molar-refractivity contribution in [1.82, 2.24) is 14.3 Å². The lowest BCUT2D eigenvalue weighted by atomic mass is 10.0. The molecule has 0 aliphatic carbocycles. The van der Waals surface area contributed by atoms with E-state index >= 15 is 0 Å². The van der Waals surface area contributed by atoms with Crippen LogP contribution in [0.1, 0.15) is 39.5 Å². The molecule has 2 N–H and O–H groups in total. The van der Waals surface area contributed by atoms with Gasteiger partial charge >= 0.3 is 0 Å². The summed E-state index contributed by atoms with van der Waals surface area (Å²) in [6.45, 7) is 5.61. The lowest BCUT2D eigenvalue weighted by molar-refractivity contribution is 0.351. The highest BCUT2D eigenvalue weighted by atomic mass is 32.2. The van der Waals surface area contributed by atoms with Gasteiger partial charge in [0, 0.05) is 25.7 Å². The summed E-state index contributed by atoms with van der Waals surface area (Å²) in [5, 5.41) is 3.31. The number of nitrogens with zero attached hydrogens (tertiary/aromatic N) is 1. The second kappa shape index (κ2) is 6.68. The maximum atomic E-state index is 12.0. The minimum Gasteiger partial charge on any atom is -0.314 e. The van der Waals surface area contributed by atoms with Gasteiger partial charge in [-0.3, -0.25) is 0 Å². The molecular formula is C11H25N3O2S. The van der Waals surface area contributed by atoms with Crippen molar-refractivity contribution < 1.29 is 8.42 Å². The number of hydrogen-bond donors (Lipinski definition) is 2. The van der Waals surface area contributed by atoms with E-state index in [4.69, 9.17) is 0 Å². The number of nitrogens with one attached hydrogen (secondary N) is 2. The molecule has 0 radical (unpaired) electrons. The van der Waals surface area contributed by atoms with Crippen molar-refractivity contribution in [2.45, 2.75) is 51.6 Å². The summed E-state index contributed by atoms with van der Waals surface area (Å²) in [7, 11) is -1.66. The van der Waals surface area contributed by atoms with Gasteiger partial charge < -0.3 is 5.32 Å². The van der Waals surface area contributed by atoms with Crippen molar-refractivity contribution in [3.63, 3.8) is 0 Å². The molecular weight excluding hydrogens is 238 g/mol. The highest BCUT2D eigenvalue weighted by molar-refractivity contribution is 7.87. The highest BCUT2D eigenvalue weighted by Crippen LogP contribution is 2.10. The maximum absolute atomic E-state index is 12.0. The summed E-state index contributed by atoms with van der Waals surface area (Å²) in [5.74, 6) is 0. The average Bonchev–Trinajstić information content (AvgIpc) is 2.25. The van der Waals surface area contributed by atoms with Crippen LogP contribution in [0.15, 0.2) is 0 Å². The van der Waals surface area contributed by atoms with Gasteiger partial charge in [0.1, 0.15) is 0 Å². The molecule has 1 heterocycles. The molecule has 17 heavy (non-hydrogen) atoms. The van der Waals surface area contributed by atoms with Crippen LogP contribution in [-0.2, 0) is 10.2 Å². The SMILES string of the molecule is CCCCN(C)S(=O)(=O)NC1CCNC(C)C1. The van der Waals surface area contributed by atoms with Crippen LogP contribution < -0.4 is 10.0 Å². The molecule has 0 spiro atoms. The van der Waals surface area contributed by atoms with Crippen molar-refractivity contribution in [1.29, 1.82) is 0 Å². The molecule has 1 aliphatic heterocycles. The molecule has 0 aromatic rings. The average molecular weight is 263 g/mol. The second-order valence-corrected chi connectivity index (χ2v) is 6.68. The minimum atomic E-state index is -3.30. The zero-order valence-corrected chi connectivity index (χ0v) is 11.9. The molecule has 1 fully saturated rings. The molecule has 1 aliphatic rings. The standard InChI is InChI=1S/C11H25N3O2S/c1-4-5-8-14(3)17(15,16)13-11-6-7-12-10(2)9-11/h10-13H,4-9H2,1-3H3. The van der Waals surface area contributed by atoms with E-state index in [1.54, 1.807) is 7.05 Å². The first-order valence-corrected chi connectivity index (χ1v) is 7.86. The van der Waals surface area contributed by atoms with Crippen LogP contribution in [0.5, 0.6) is 0 Å². The molecule has 0 amide bonds. The first-order chi connectivity index (χ1) is 7.95. The predicted octanol–water partition coefficient (Wildman–Crippen LogP) is 0.693. The van der Waals surface area contributed by atoms with Gasteiger partial charge in [0.25, 0.3) is 10.2 Å². The molecule has 6 heteroatoms. The van der Waals surface area contributed by atoms with Crippen LogP contribution in [0.3, 0.4) is 0 Å². The molecule has 1 saturated heterocycles. The van der Waals surface area contributed by atoms with Gasteiger partial charge in [0.05, 0.1) is 0 Å². The van der Waals surface area contributed by atoms with Crippen LogP contribution in [0.2, 0.25) is 0 Å². The molecule has 2 unspecified atom stereocenters. The summed E-state index contributed by atoms with van der Waals surface area (Å²) in [6.07, 6.45) is 3.64. The smallest absolute Gasteiger partial charge is 0.279 e. The Morgan fingerprint density at radius 2 is 2.18 bits per heavy atom. The van der Waals surface area contributed by atoms with Crippen molar-refractivity contribution >= 4 is 10.2 Å². The molecule has 1 rings (SSSR count). The number of piperidine rings is 1. The Bertz CT molecular complexity index is 319. The van der Waals surface area contributed by atoms with Crippen LogP contribution in [0, 0.1) is 0 Å². The van der Waals surface area contributed by atoms with Gasteiger partial charge in [-0.05, 0) is 32.7 Å². The quantitative estimate of drug-likeness (QED) is 0.741. The van der Waals surface area contributed by atoms with Gasteiger partial charge in [0.2, 0.25) is 0 Å². The van der Waals surface area contributed by atoms with Gasteiger partial charge in [-0.25, -0.2) is 0 Å². The second-order valence-electron chi connectivity index (χ2n) is 4.87. The summed E-state index contributed by atoms with van der Waals surface area (Å²) in [4.78, 5) is 0. The normalized spacial score (nSPS) is 26.4. The van der Waals surface area contributed by atoms with Crippen LogP contribution >= 0.6 is 0 Å². The van der Waals surface area contributed by atoms with E-state index < -0.39 is 10.2 Å². The van der Waals surface area contributed by atoms with Crippen LogP contribution in [0.4, 0.5) is 0 Å². The number of hydrogen-bond acceptors (Lipinski definition) is 3. The number of unbranched alkanes of at least 4 members (excludes halogenated alkanes) is 1. The fourth-order valence-corrected chi connectivity index (χ4v) is 3.23. The summed E-state index contributed by atoms with van der Waals surface area (Å²) in [6, 6.07) is 0.456. The summed E-state index contributed by atoms with van der Waals surface area (Å²) < 4.78 is 28.2. The van der Waals surface area contributed by atoms with Crippen molar-refractivity contribution in [3.05, 3.63) is 0 Å². The van der Waals surface area contributed by atoms with Crippen LogP contribution in [-0.4, -0.2) is 44.9 Å². The van der Waals surface area contributed by atoms with E-state index in [0.717, 1.165) is 32.2 Å². The third kappa shape index (κ3) is 4.91. The first kappa shape index (κ1) is 14.9. The Kier molecular flexibility index (Phi) is 5.85. The van der Waals surface area contributed by atoms with E-state index in [2.05, 4.69) is 23.9 Å². The molecule has 0 bridgehead atoms. The Labute approximate surface area is 105 Å². The van der Waals surface area contributed by atoms with Crippen molar-refractivity contribution in [3.8, 4) is 0 Å². The number of rotatable bonds is 6. The van der Waals surface area contributed by atoms with E-state index in [1.807, 2.05) is 0 Å². The molecule has 0 aromatic carbocycles. The Morgan fingerprint density at radius 1 is 1.47 bits per heavy atom. The zero-order valence-electron chi connectivity index (χ0n) is 11.1. The van der Waals surface area contributed by atoms with E-state index in [9.17, 15) is 8.42 Å². The molecule has 5 nitrogen and oxygen atoms in total. The van der Waals surface area contributed by atoms with Gasteiger partial charge in [-0.15, -0.1) is 0 Å². The Morgan fingerprint density at radius 3 is 2.76 bits per heavy atom. The third-order valence-corrected chi connectivity index (χ3v) is 4.81. The minimum absolute atomic E-state index is 0.0697. The topological polar surface area (TPSA) is 61.4 Å². The maximum Gasteiger partial charge on any atom is 0.279 e.